The Labute approximate surface area is 414 Å². The van der Waals surface area contributed by atoms with E-state index >= 15 is 4.79 Å². The largest absolute Gasteiger partial charge is 0.459 e. The molecule has 3 aromatic carbocycles. The van der Waals surface area contributed by atoms with E-state index in [2.05, 4.69) is 44.0 Å². The number of oxime groups is 1. The molecular weight excluding hydrogens is 893 g/mol. The highest BCUT2D eigenvalue weighted by molar-refractivity contribution is 7.98. The summed E-state index contributed by atoms with van der Waals surface area (Å²) in [5.41, 5.74) is 3.48. The van der Waals surface area contributed by atoms with Crippen molar-refractivity contribution in [2.24, 2.45) is 22.9 Å². The molecule has 6 atom stereocenters. The third kappa shape index (κ3) is 13.0. The Hall–Kier alpha value is -4.69. The fraction of sp³-hybridized carbons (Fsp3) is 0.571. The normalized spacial score (nSPS) is 22.5. The predicted molar refractivity (Wildman–Crippen MR) is 272 cm³/mol. The standard InChI is InChI=1S/C56H76N2O10S/c1-5-7-8-9-10-11-12-13-14-19-33-63-55(61)58(38-40-22-28-50-51(34-40)65-39-64-50)52-37-48(57-62-3)46-35-41(20-15-17-30-59)45(21-16-18-31-60)53-47-36-43(67-42-23-26-44(69-4)27-24-42)25-29-49(47)68-56(52,54(46)53)66-32-6-2/h6,22-29,34-36,41,45,52-54,59-60H,2,5,7-21,30-33,37-39H2,1,3-4H3/t41-,45+,52-,53+,54+,56+/m0/s1. The molecule has 1 saturated carbocycles. The second-order valence-corrected chi connectivity index (χ2v) is 19.7. The van der Waals surface area contributed by atoms with Gasteiger partial charge >= 0.3 is 6.09 Å². The third-order valence-electron chi connectivity index (χ3n) is 14.3. The first kappa shape index (κ1) is 52.1. The maximum Gasteiger partial charge on any atom is 0.410 e. The van der Waals surface area contributed by atoms with E-state index in [1.54, 1.807) is 29.8 Å². The summed E-state index contributed by atoms with van der Waals surface area (Å²) in [6.45, 7) is 7.27. The highest BCUT2D eigenvalue weighted by Gasteiger charge is 2.65. The lowest BCUT2D eigenvalue weighted by Crippen LogP contribution is -2.70. The lowest BCUT2D eigenvalue weighted by molar-refractivity contribution is -0.256. The van der Waals surface area contributed by atoms with Gasteiger partial charge in [-0.1, -0.05) is 101 Å². The molecule has 376 valence electrons. The highest BCUT2D eigenvalue weighted by atomic mass is 32.2. The minimum absolute atomic E-state index is 0.0580. The first-order chi connectivity index (χ1) is 33.9. The molecule has 0 radical (unpaired) electrons. The molecule has 2 heterocycles. The van der Waals surface area contributed by atoms with E-state index in [4.69, 9.17) is 38.4 Å². The molecule has 0 bridgehead atoms. The summed E-state index contributed by atoms with van der Waals surface area (Å²) < 4.78 is 39.0. The van der Waals surface area contributed by atoms with E-state index < -0.39 is 23.8 Å². The quantitative estimate of drug-likeness (QED) is 0.0298. The van der Waals surface area contributed by atoms with E-state index in [-0.39, 0.29) is 63.9 Å². The molecule has 4 aliphatic rings. The number of amides is 1. The smallest absolute Gasteiger partial charge is 0.410 e. The minimum atomic E-state index is -1.45. The zero-order valence-corrected chi connectivity index (χ0v) is 42.1. The number of benzene rings is 3. The van der Waals surface area contributed by atoms with Crippen LogP contribution in [0.1, 0.15) is 133 Å². The van der Waals surface area contributed by atoms with Crippen LogP contribution in [0.15, 0.2) is 95.0 Å². The van der Waals surface area contributed by atoms with Gasteiger partial charge in [-0.15, -0.1) is 18.3 Å². The van der Waals surface area contributed by atoms with Crippen molar-refractivity contribution in [2.75, 3.05) is 46.6 Å². The van der Waals surface area contributed by atoms with Crippen LogP contribution < -0.4 is 18.9 Å². The SMILES string of the molecule is C=CCO[C@@]12Oc3ccc(Oc4ccc(SC)cc4)cc3[C@H]3[C@H](CCCCO)[C@@H](CCCCO)C=C(C(=NOC)C[C@@H]1N(Cc1ccc4c(c1)OCO4)C(=O)OCCCCCCCCCCCC)[C@H]32. The Morgan fingerprint density at radius 2 is 1.55 bits per heavy atom. The van der Waals surface area contributed by atoms with Crippen LogP contribution in [0.2, 0.25) is 0 Å². The number of carbonyl (C=O) groups is 1. The van der Waals surface area contributed by atoms with Gasteiger partial charge in [0.15, 0.2) is 11.5 Å². The fourth-order valence-electron chi connectivity index (χ4n) is 11.0. The Morgan fingerprint density at radius 1 is 0.855 bits per heavy atom. The van der Waals surface area contributed by atoms with E-state index in [0.717, 1.165) is 72.3 Å². The van der Waals surface area contributed by atoms with E-state index in [0.29, 0.717) is 41.6 Å². The van der Waals surface area contributed by atoms with Gasteiger partial charge in [-0.25, -0.2) is 4.79 Å². The average Bonchev–Trinajstić information content (AvgIpc) is 3.84. The van der Waals surface area contributed by atoms with Crippen LogP contribution in [0.4, 0.5) is 4.79 Å². The van der Waals surface area contributed by atoms with Crippen LogP contribution in [-0.2, 0) is 20.9 Å². The maximum atomic E-state index is 15.1. The van der Waals surface area contributed by atoms with Gasteiger partial charge in [-0.3, -0.25) is 4.90 Å². The second kappa shape index (κ2) is 26.5. The van der Waals surface area contributed by atoms with Crippen molar-refractivity contribution >= 4 is 23.6 Å². The van der Waals surface area contributed by atoms with Crippen molar-refractivity contribution in [1.29, 1.82) is 0 Å². The van der Waals surface area contributed by atoms with Crippen LogP contribution in [0.5, 0.6) is 28.7 Å². The number of ether oxygens (including phenoxy) is 6. The van der Waals surface area contributed by atoms with Crippen LogP contribution in [0, 0.1) is 17.8 Å². The number of rotatable bonds is 29. The van der Waals surface area contributed by atoms with E-state index in [1.165, 1.54) is 44.9 Å². The number of nitrogens with zero attached hydrogens (tertiary/aromatic N) is 2. The van der Waals surface area contributed by atoms with Gasteiger partial charge in [-0.2, -0.15) is 0 Å². The van der Waals surface area contributed by atoms with E-state index in [1.807, 2.05) is 42.5 Å². The van der Waals surface area contributed by atoms with Gasteiger partial charge in [0, 0.05) is 42.6 Å². The lowest BCUT2D eigenvalue weighted by atomic mass is 9.55. The van der Waals surface area contributed by atoms with Crippen LogP contribution >= 0.6 is 11.8 Å². The number of unbranched alkanes of at least 4 members (excludes halogenated alkanes) is 11. The van der Waals surface area contributed by atoms with Crippen molar-refractivity contribution in [2.45, 2.75) is 145 Å². The van der Waals surface area contributed by atoms with Gasteiger partial charge in [0.2, 0.25) is 12.6 Å². The van der Waals surface area contributed by atoms with Gasteiger partial charge in [0.1, 0.15) is 30.4 Å². The third-order valence-corrected chi connectivity index (χ3v) is 15.0. The molecule has 0 unspecified atom stereocenters. The molecule has 0 spiro atoms. The molecule has 2 aliphatic heterocycles. The topological polar surface area (TPSA) is 138 Å². The number of allylic oxidation sites excluding steroid dienone is 1. The summed E-state index contributed by atoms with van der Waals surface area (Å²) in [5.74, 6) is 1.33. The number of aliphatic hydroxyl groups is 2. The number of aliphatic hydroxyl groups excluding tert-OH is 2. The molecule has 2 N–H and O–H groups in total. The molecule has 7 rings (SSSR count). The summed E-state index contributed by atoms with van der Waals surface area (Å²) >= 11 is 1.68. The second-order valence-electron chi connectivity index (χ2n) is 18.8. The highest BCUT2D eigenvalue weighted by Crippen LogP contribution is 2.62. The number of hydrogen-bond donors (Lipinski definition) is 2. The first-order valence-corrected chi connectivity index (χ1v) is 26.9. The van der Waals surface area contributed by atoms with Crippen molar-refractivity contribution < 1.29 is 48.3 Å². The minimum Gasteiger partial charge on any atom is -0.459 e. The maximum absolute atomic E-state index is 15.1. The lowest BCUT2D eigenvalue weighted by Gasteiger charge is -2.59. The molecule has 0 saturated heterocycles. The Morgan fingerprint density at radius 3 is 2.26 bits per heavy atom. The van der Waals surface area contributed by atoms with Crippen molar-refractivity contribution in [3.63, 3.8) is 0 Å². The first-order valence-electron chi connectivity index (χ1n) is 25.6. The summed E-state index contributed by atoms with van der Waals surface area (Å²) in [6.07, 6.45) is 22.3. The molecule has 1 amide bonds. The molecule has 13 heteroatoms. The van der Waals surface area contributed by atoms with Crippen LogP contribution in [-0.4, -0.2) is 85.3 Å². The van der Waals surface area contributed by atoms with E-state index in [9.17, 15) is 10.2 Å². The Balaban J connectivity index is 1.30. The summed E-state index contributed by atoms with van der Waals surface area (Å²) in [4.78, 5) is 23.6. The summed E-state index contributed by atoms with van der Waals surface area (Å²) in [5, 5.41) is 24.8. The van der Waals surface area contributed by atoms with Gasteiger partial charge in [0.05, 0.1) is 24.8 Å². The Kier molecular flexibility index (Phi) is 20.0. The van der Waals surface area contributed by atoms with Crippen molar-refractivity contribution in [3.8, 4) is 28.7 Å². The van der Waals surface area contributed by atoms with Crippen molar-refractivity contribution in [1.82, 2.24) is 4.90 Å². The van der Waals surface area contributed by atoms with Gasteiger partial charge in [0.25, 0.3) is 0 Å². The monoisotopic (exact) mass is 969 g/mol. The van der Waals surface area contributed by atoms with Crippen molar-refractivity contribution in [3.05, 3.63) is 96.1 Å². The van der Waals surface area contributed by atoms with Gasteiger partial charge in [-0.05, 0) is 116 Å². The fourth-order valence-corrected chi connectivity index (χ4v) is 11.4. The number of carbonyl (C=O) groups excluding carboxylic acids is 1. The molecule has 69 heavy (non-hydrogen) atoms. The molecule has 1 fully saturated rings. The zero-order valence-electron chi connectivity index (χ0n) is 41.2. The van der Waals surface area contributed by atoms with Crippen LogP contribution in [0.3, 0.4) is 0 Å². The molecule has 12 nitrogen and oxygen atoms in total. The molecule has 3 aromatic rings. The van der Waals surface area contributed by atoms with Crippen LogP contribution in [0.25, 0.3) is 0 Å². The molecule has 0 aromatic heterocycles. The summed E-state index contributed by atoms with van der Waals surface area (Å²) in [7, 11) is 1.56. The predicted octanol–water partition coefficient (Wildman–Crippen LogP) is 12.8. The average molecular weight is 969 g/mol. The Bertz CT molecular complexity index is 2160. The summed E-state index contributed by atoms with van der Waals surface area (Å²) in [6, 6.07) is 19.1. The molecular formula is C56H76N2O10S. The molecule has 2 aliphatic carbocycles. The number of thioether (sulfide) groups is 1. The number of hydrogen-bond acceptors (Lipinski definition) is 12. The number of fused-ring (bicyclic) bond motifs is 3. The van der Waals surface area contributed by atoms with Gasteiger partial charge < -0.3 is 43.5 Å². The zero-order chi connectivity index (χ0) is 48.4.